The number of hydrogen-bond acceptors (Lipinski definition) is 8. The van der Waals surface area contributed by atoms with Crippen LogP contribution < -0.4 is 14.4 Å². The lowest BCUT2D eigenvalue weighted by Gasteiger charge is -2.40. The maximum atomic E-state index is 13.0. The Morgan fingerprint density at radius 1 is 1.09 bits per heavy atom. The van der Waals surface area contributed by atoms with Gasteiger partial charge in [0.15, 0.2) is 11.5 Å². The van der Waals surface area contributed by atoms with E-state index in [1.165, 1.54) is 24.5 Å². The summed E-state index contributed by atoms with van der Waals surface area (Å²) in [5.41, 5.74) is 0.203. The van der Waals surface area contributed by atoms with Gasteiger partial charge >= 0.3 is 0 Å². The molecular weight excluding hydrogens is 426 g/mol. The van der Waals surface area contributed by atoms with E-state index in [-0.39, 0.29) is 17.6 Å². The summed E-state index contributed by atoms with van der Waals surface area (Å²) in [6.07, 6.45) is 1.44. The summed E-state index contributed by atoms with van der Waals surface area (Å²) in [5, 5.41) is 11.0. The molecule has 170 valence electrons. The first-order chi connectivity index (χ1) is 16.0. The monoisotopic (exact) mass is 449 g/mol. The normalized spacial score (nSPS) is 15.8. The number of carbonyl (C=O) groups excluding carboxylic acids is 1. The molecular formula is C23H23N5O5. The van der Waals surface area contributed by atoms with Crippen LogP contribution in [0.3, 0.4) is 0 Å². The molecule has 0 bridgehead atoms. The molecule has 2 heterocycles. The maximum Gasteiger partial charge on any atom is 0.270 e. The van der Waals surface area contributed by atoms with E-state index in [1.54, 1.807) is 36.3 Å². The second-order valence-electron chi connectivity index (χ2n) is 7.57. The minimum Gasteiger partial charge on any atom is -0.493 e. The summed E-state index contributed by atoms with van der Waals surface area (Å²) in [6, 6.07) is 14.7. The fourth-order valence-electron chi connectivity index (χ4n) is 3.76. The second-order valence-corrected chi connectivity index (χ2v) is 7.57. The highest BCUT2D eigenvalue weighted by Crippen LogP contribution is 2.31. The number of para-hydroxylation sites is 2. The molecule has 10 heteroatoms. The Morgan fingerprint density at radius 2 is 1.88 bits per heavy atom. The van der Waals surface area contributed by atoms with Gasteiger partial charge in [0.25, 0.3) is 11.6 Å². The SMILES string of the molecule is COc1ccccc1Oc1cc(N2CCN(C(=O)c3cccc([N+](=O)[O-])c3)[C@H](C)C2)ncn1. The van der Waals surface area contributed by atoms with E-state index in [1.807, 2.05) is 19.1 Å². The molecule has 10 nitrogen and oxygen atoms in total. The lowest BCUT2D eigenvalue weighted by Crippen LogP contribution is -2.54. The van der Waals surface area contributed by atoms with Crippen molar-refractivity contribution >= 4 is 17.4 Å². The topological polar surface area (TPSA) is 111 Å². The minimum atomic E-state index is -0.502. The van der Waals surface area contributed by atoms with E-state index in [4.69, 9.17) is 9.47 Å². The van der Waals surface area contributed by atoms with Gasteiger partial charge in [-0.1, -0.05) is 18.2 Å². The van der Waals surface area contributed by atoms with Crippen molar-refractivity contribution in [3.05, 3.63) is 76.6 Å². The number of anilines is 1. The smallest absolute Gasteiger partial charge is 0.270 e. The fourth-order valence-corrected chi connectivity index (χ4v) is 3.76. The quantitative estimate of drug-likeness (QED) is 0.415. The van der Waals surface area contributed by atoms with Crippen molar-refractivity contribution in [2.45, 2.75) is 13.0 Å². The zero-order chi connectivity index (χ0) is 23.4. The van der Waals surface area contributed by atoms with Crippen molar-refractivity contribution in [1.29, 1.82) is 0 Å². The second kappa shape index (κ2) is 9.51. The molecule has 0 unspecified atom stereocenters. The minimum absolute atomic E-state index is 0.101. The third kappa shape index (κ3) is 4.84. The van der Waals surface area contributed by atoms with Crippen molar-refractivity contribution in [2.24, 2.45) is 0 Å². The van der Waals surface area contributed by atoms with Crippen LogP contribution in [-0.2, 0) is 0 Å². The van der Waals surface area contributed by atoms with Gasteiger partial charge in [-0.2, -0.15) is 0 Å². The summed E-state index contributed by atoms with van der Waals surface area (Å²) >= 11 is 0. The van der Waals surface area contributed by atoms with E-state index in [0.717, 1.165) is 0 Å². The van der Waals surface area contributed by atoms with E-state index >= 15 is 0 Å². The predicted octanol–water partition coefficient (Wildman–Crippen LogP) is 3.54. The zero-order valence-corrected chi connectivity index (χ0v) is 18.2. The highest BCUT2D eigenvalue weighted by Gasteiger charge is 2.29. The molecule has 0 aliphatic carbocycles. The number of amides is 1. The number of hydrogen-bond donors (Lipinski definition) is 0. The van der Waals surface area contributed by atoms with Crippen molar-refractivity contribution in [3.63, 3.8) is 0 Å². The first-order valence-corrected chi connectivity index (χ1v) is 10.4. The number of nitro groups is 1. The Kier molecular flexibility index (Phi) is 6.34. The van der Waals surface area contributed by atoms with Crippen LogP contribution in [0, 0.1) is 10.1 Å². The van der Waals surface area contributed by atoms with Crippen molar-refractivity contribution in [2.75, 3.05) is 31.6 Å². The number of non-ortho nitro benzene ring substituents is 1. The van der Waals surface area contributed by atoms with Gasteiger partial charge in [-0.3, -0.25) is 14.9 Å². The number of benzene rings is 2. The first kappa shape index (κ1) is 22.0. The Labute approximate surface area is 190 Å². The lowest BCUT2D eigenvalue weighted by molar-refractivity contribution is -0.384. The van der Waals surface area contributed by atoms with Crippen molar-refractivity contribution in [3.8, 4) is 17.4 Å². The van der Waals surface area contributed by atoms with Gasteiger partial charge in [-0.15, -0.1) is 0 Å². The number of methoxy groups -OCH3 is 1. The molecule has 0 N–H and O–H groups in total. The summed E-state index contributed by atoms with van der Waals surface area (Å²) < 4.78 is 11.2. The number of piperazine rings is 1. The van der Waals surface area contributed by atoms with Crippen LogP contribution >= 0.6 is 0 Å². The third-order valence-corrected chi connectivity index (χ3v) is 5.43. The van der Waals surface area contributed by atoms with E-state index in [0.29, 0.717) is 48.4 Å². The van der Waals surface area contributed by atoms with E-state index in [9.17, 15) is 14.9 Å². The molecule has 0 radical (unpaired) electrons. The molecule has 1 aliphatic rings. The summed E-state index contributed by atoms with van der Waals surface area (Å²) in [4.78, 5) is 35.9. The third-order valence-electron chi connectivity index (χ3n) is 5.43. The number of ether oxygens (including phenoxy) is 2. The summed E-state index contributed by atoms with van der Waals surface area (Å²) in [5.74, 6) is 1.98. The predicted molar refractivity (Wildman–Crippen MR) is 121 cm³/mol. The standard InChI is InChI=1S/C23H23N5O5/c1-16-14-26(10-11-27(16)23(29)17-6-5-7-18(12-17)28(30)31)21-13-22(25-15-24-21)33-20-9-4-3-8-19(20)32-2/h3-9,12-13,15-16H,10-11,14H2,1-2H3/t16-/m1/s1. The van der Waals surface area contributed by atoms with Gasteiger partial charge in [-0.25, -0.2) is 9.97 Å². The Bertz CT molecular complexity index is 1170. The Balaban J connectivity index is 1.46. The number of aromatic nitrogens is 2. The molecule has 1 atom stereocenters. The Hall–Kier alpha value is -4.21. The largest absolute Gasteiger partial charge is 0.493 e. The lowest BCUT2D eigenvalue weighted by atomic mass is 10.1. The average molecular weight is 449 g/mol. The molecule has 0 spiro atoms. The van der Waals surface area contributed by atoms with Gasteiger partial charge < -0.3 is 19.3 Å². The average Bonchev–Trinajstić information content (AvgIpc) is 2.84. The molecule has 1 aromatic heterocycles. The highest BCUT2D eigenvalue weighted by molar-refractivity contribution is 5.95. The van der Waals surface area contributed by atoms with Crippen LogP contribution in [0.4, 0.5) is 11.5 Å². The fraction of sp³-hybridized carbons (Fsp3) is 0.261. The maximum absolute atomic E-state index is 13.0. The zero-order valence-electron chi connectivity index (χ0n) is 18.2. The van der Waals surface area contributed by atoms with Crippen LogP contribution in [0.2, 0.25) is 0 Å². The van der Waals surface area contributed by atoms with Gasteiger partial charge in [0.2, 0.25) is 5.88 Å². The van der Waals surface area contributed by atoms with Crippen LogP contribution in [0.1, 0.15) is 17.3 Å². The molecule has 2 aromatic carbocycles. The van der Waals surface area contributed by atoms with Crippen LogP contribution in [0.5, 0.6) is 17.4 Å². The van der Waals surface area contributed by atoms with Crippen molar-refractivity contribution < 1.29 is 19.2 Å². The van der Waals surface area contributed by atoms with E-state index < -0.39 is 4.92 Å². The molecule has 1 fully saturated rings. The molecule has 0 saturated carbocycles. The van der Waals surface area contributed by atoms with Crippen LogP contribution in [0.15, 0.2) is 60.9 Å². The molecule has 33 heavy (non-hydrogen) atoms. The number of rotatable bonds is 6. The number of nitrogens with zero attached hydrogens (tertiary/aromatic N) is 5. The number of carbonyl (C=O) groups is 1. The molecule has 1 amide bonds. The highest BCUT2D eigenvalue weighted by atomic mass is 16.6. The Morgan fingerprint density at radius 3 is 2.61 bits per heavy atom. The van der Waals surface area contributed by atoms with Crippen LogP contribution in [0.25, 0.3) is 0 Å². The molecule has 1 saturated heterocycles. The summed E-state index contributed by atoms with van der Waals surface area (Å²) in [7, 11) is 1.57. The van der Waals surface area contributed by atoms with Gasteiger partial charge in [0, 0.05) is 49.4 Å². The van der Waals surface area contributed by atoms with Gasteiger partial charge in [-0.05, 0) is 25.1 Å². The molecule has 4 rings (SSSR count). The van der Waals surface area contributed by atoms with Gasteiger partial charge in [0.1, 0.15) is 12.1 Å². The van der Waals surface area contributed by atoms with Crippen molar-refractivity contribution in [1.82, 2.24) is 14.9 Å². The van der Waals surface area contributed by atoms with Crippen LogP contribution in [-0.4, -0.2) is 58.5 Å². The number of nitro benzene ring substituents is 1. The first-order valence-electron chi connectivity index (χ1n) is 10.4. The molecule has 3 aromatic rings. The molecule has 1 aliphatic heterocycles. The van der Waals surface area contributed by atoms with E-state index in [2.05, 4.69) is 14.9 Å². The summed E-state index contributed by atoms with van der Waals surface area (Å²) in [6.45, 7) is 3.49. The van der Waals surface area contributed by atoms with Gasteiger partial charge in [0.05, 0.1) is 12.0 Å².